The number of nitrogens with one attached hydrogen (secondary N) is 1. The van der Waals surface area contributed by atoms with Crippen LogP contribution in [-0.4, -0.2) is 61.0 Å². The molecule has 1 saturated heterocycles. The fourth-order valence-corrected chi connectivity index (χ4v) is 2.81. The molecule has 112 valence electrons. The van der Waals surface area contributed by atoms with Crippen molar-refractivity contribution in [2.75, 3.05) is 39.3 Å². The SMILES string of the molecule is CCN(CC)C(=O)CN(CC(C)C)CC1CCCN1. The van der Waals surface area contributed by atoms with Gasteiger partial charge in [0.05, 0.1) is 6.54 Å². The van der Waals surface area contributed by atoms with Gasteiger partial charge in [-0.2, -0.15) is 0 Å². The first kappa shape index (κ1) is 16.4. The van der Waals surface area contributed by atoms with Gasteiger partial charge in [0.1, 0.15) is 0 Å². The highest BCUT2D eigenvalue weighted by molar-refractivity contribution is 5.78. The second-order valence-electron chi connectivity index (χ2n) is 5.95. The molecule has 0 saturated carbocycles. The van der Waals surface area contributed by atoms with E-state index in [-0.39, 0.29) is 5.91 Å². The average Bonchev–Trinajstić information content (AvgIpc) is 2.82. The van der Waals surface area contributed by atoms with E-state index in [1.165, 1.54) is 12.8 Å². The number of rotatable bonds is 8. The molecule has 0 aromatic rings. The lowest BCUT2D eigenvalue weighted by Gasteiger charge is -2.29. The molecule has 1 aliphatic heterocycles. The highest BCUT2D eigenvalue weighted by atomic mass is 16.2. The summed E-state index contributed by atoms with van der Waals surface area (Å²) in [6.07, 6.45) is 2.51. The van der Waals surface area contributed by atoms with Gasteiger partial charge in [0, 0.05) is 32.2 Å². The summed E-state index contributed by atoms with van der Waals surface area (Å²) in [7, 11) is 0. The van der Waals surface area contributed by atoms with E-state index in [9.17, 15) is 4.79 Å². The van der Waals surface area contributed by atoms with Crippen molar-refractivity contribution in [1.82, 2.24) is 15.1 Å². The molecule has 0 aromatic carbocycles. The quantitative estimate of drug-likeness (QED) is 0.726. The number of likely N-dealkylation sites (N-methyl/N-ethyl adjacent to an activating group) is 1. The molecular weight excluding hydrogens is 238 g/mol. The summed E-state index contributed by atoms with van der Waals surface area (Å²) in [4.78, 5) is 16.5. The second-order valence-corrected chi connectivity index (χ2v) is 5.95. The molecule has 0 radical (unpaired) electrons. The van der Waals surface area contributed by atoms with E-state index < -0.39 is 0 Å². The van der Waals surface area contributed by atoms with Gasteiger partial charge in [-0.25, -0.2) is 0 Å². The summed E-state index contributed by atoms with van der Waals surface area (Å²) in [5.41, 5.74) is 0. The molecule has 1 unspecified atom stereocenters. The zero-order valence-electron chi connectivity index (χ0n) is 13.1. The van der Waals surface area contributed by atoms with E-state index in [0.717, 1.165) is 32.7 Å². The molecule has 1 heterocycles. The van der Waals surface area contributed by atoms with Gasteiger partial charge in [0.2, 0.25) is 5.91 Å². The molecular formula is C15H31N3O. The standard InChI is InChI=1S/C15H31N3O/c1-5-18(6-2)15(19)12-17(10-13(3)4)11-14-8-7-9-16-14/h13-14,16H,5-12H2,1-4H3. The Morgan fingerprint density at radius 1 is 1.32 bits per heavy atom. The molecule has 0 bridgehead atoms. The number of carbonyl (C=O) groups excluding carboxylic acids is 1. The Balaban J connectivity index is 2.49. The van der Waals surface area contributed by atoms with E-state index in [1.807, 2.05) is 18.7 Å². The van der Waals surface area contributed by atoms with Gasteiger partial charge >= 0.3 is 0 Å². The minimum atomic E-state index is 0.267. The van der Waals surface area contributed by atoms with E-state index in [0.29, 0.717) is 18.5 Å². The van der Waals surface area contributed by atoms with Crippen LogP contribution < -0.4 is 5.32 Å². The van der Waals surface area contributed by atoms with Crippen molar-refractivity contribution >= 4 is 5.91 Å². The van der Waals surface area contributed by atoms with Crippen molar-refractivity contribution in [3.8, 4) is 0 Å². The van der Waals surface area contributed by atoms with Gasteiger partial charge in [0.15, 0.2) is 0 Å². The Bertz CT molecular complexity index is 258. The van der Waals surface area contributed by atoms with E-state index in [2.05, 4.69) is 24.1 Å². The number of amides is 1. The molecule has 4 heteroatoms. The van der Waals surface area contributed by atoms with Crippen LogP contribution in [-0.2, 0) is 4.79 Å². The first-order valence-corrected chi connectivity index (χ1v) is 7.80. The number of nitrogens with zero attached hydrogens (tertiary/aromatic N) is 2. The van der Waals surface area contributed by atoms with Crippen molar-refractivity contribution in [2.24, 2.45) is 5.92 Å². The number of hydrogen-bond donors (Lipinski definition) is 1. The molecule has 19 heavy (non-hydrogen) atoms. The van der Waals surface area contributed by atoms with Crippen LogP contribution in [0.3, 0.4) is 0 Å². The van der Waals surface area contributed by atoms with Gasteiger partial charge in [-0.3, -0.25) is 9.69 Å². The van der Waals surface area contributed by atoms with Gasteiger partial charge in [-0.15, -0.1) is 0 Å². The third-order valence-corrected chi connectivity index (χ3v) is 3.74. The van der Waals surface area contributed by atoms with Crippen molar-refractivity contribution in [3.63, 3.8) is 0 Å². The zero-order chi connectivity index (χ0) is 14.3. The van der Waals surface area contributed by atoms with Crippen LogP contribution in [0.5, 0.6) is 0 Å². The smallest absolute Gasteiger partial charge is 0.236 e. The Kier molecular flexibility index (Phi) is 7.39. The molecule has 1 atom stereocenters. The van der Waals surface area contributed by atoms with E-state index >= 15 is 0 Å². The Labute approximate surface area is 118 Å². The van der Waals surface area contributed by atoms with Gasteiger partial charge < -0.3 is 10.2 Å². The summed E-state index contributed by atoms with van der Waals surface area (Å²) >= 11 is 0. The molecule has 0 aromatic heterocycles. The van der Waals surface area contributed by atoms with Crippen molar-refractivity contribution in [3.05, 3.63) is 0 Å². The molecule has 1 N–H and O–H groups in total. The molecule has 1 amide bonds. The monoisotopic (exact) mass is 269 g/mol. The summed E-state index contributed by atoms with van der Waals surface area (Å²) in [6.45, 7) is 13.9. The molecule has 1 fully saturated rings. The zero-order valence-corrected chi connectivity index (χ0v) is 13.1. The highest BCUT2D eigenvalue weighted by Crippen LogP contribution is 2.09. The molecule has 1 rings (SSSR count). The molecule has 0 spiro atoms. The van der Waals surface area contributed by atoms with E-state index in [1.54, 1.807) is 0 Å². The van der Waals surface area contributed by atoms with Gasteiger partial charge in [-0.05, 0) is 39.2 Å². The molecule has 4 nitrogen and oxygen atoms in total. The minimum Gasteiger partial charge on any atom is -0.342 e. The maximum atomic E-state index is 12.2. The van der Waals surface area contributed by atoms with Crippen LogP contribution in [0.1, 0.15) is 40.5 Å². The van der Waals surface area contributed by atoms with Crippen LogP contribution in [0.4, 0.5) is 0 Å². The van der Waals surface area contributed by atoms with Crippen LogP contribution in [0.2, 0.25) is 0 Å². The second kappa shape index (κ2) is 8.54. The molecule has 0 aliphatic carbocycles. The lowest BCUT2D eigenvalue weighted by atomic mass is 10.1. The van der Waals surface area contributed by atoms with Crippen molar-refractivity contribution in [1.29, 1.82) is 0 Å². The maximum absolute atomic E-state index is 12.2. The summed E-state index contributed by atoms with van der Waals surface area (Å²) < 4.78 is 0. The Morgan fingerprint density at radius 3 is 2.47 bits per heavy atom. The fourth-order valence-electron chi connectivity index (χ4n) is 2.81. The maximum Gasteiger partial charge on any atom is 0.236 e. The average molecular weight is 269 g/mol. The first-order chi connectivity index (χ1) is 9.06. The van der Waals surface area contributed by atoms with Crippen LogP contribution in [0.15, 0.2) is 0 Å². The summed E-state index contributed by atoms with van der Waals surface area (Å²) in [5.74, 6) is 0.870. The fraction of sp³-hybridized carbons (Fsp3) is 0.933. The normalized spacial score (nSPS) is 19.4. The number of carbonyl (C=O) groups is 1. The van der Waals surface area contributed by atoms with Crippen LogP contribution in [0, 0.1) is 5.92 Å². The van der Waals surface area contributed by atoms with Crippen molar-refractivity contribution in [2.45, 2.75) is 46.6 Å². The summed E-state index contributed by atoms with van der Waals surface area (Å²) in [5, 5.41) is 3.52. The topological polar surface area (TPSA) is 35.6 Å². The third kappa shape index (κ3) is 5.91. The lowest BCUT2D eigenvalue weighted by molar-refractivity contribution is -0.132. The minimum absolute atomic E-state index is 0.267. The Morgan fingerprint density at radius 2 is 2.00 bits per heavy atom. The lowest BCUT2D eigenvalue weighted by Crippen LogP contribution is -2.45. The van der Waals surface area contributed by atoms with Crippen LogP contribution in [0.25, 0.3) is 0 Å². The predicted molar refractivity (Wildman–Crippen MR) is 80.2 cm³/mol. The van der Waals surface area contributed by atoms with Crippen LogP contribution >= 0.6 is 0 Å². The predicted octanol–water partition coefficient (Wildman–Crippen LogP) is 1.56. The van der Waals surface area contributed by atoms with Crippen molar-refractivity contribution < 1.29 is 4.79 Å². The Hall–Kier alpha value is -0.610. The van der Waals surface area contributed by atoms with E-state index in [4.69, 9.17) is 0 Å². The third-order valence-electron chi connectivity index (χ3n) is 3.74. The highest BCUT2D eigenvalue weighted by Gasteiger charge is 2.21. The summed E-state index contributed by atoms with van der Waals surface area (Å²) in [6, 6.07) is 0.572. The van der Waals surface area contributed by atoms with Gasteiger partial charge in [0.25, 0.3) is 0 Å². The largest absolute Gasteiger partial charge is 0.342 e. The number of hydrogen-bond acceptors (Lipinski definition) is 3. The molecule has 1 aliphatic rings. The van der Waals surface area contributed by atoms with Gasteiger partial charge in [-0.1, -0.05) is 13.8 Å². The first-order valence-electron chi connectivity index (χ1n) is 7.80.